The Morgan fingerprint density at radius 3 is 2.31 bits per heavy atom. The molecule has 29 heavy (non-hydrogen) atoms. The molecule has 0 N–H and O–H groups in total. The molecule has 0 amide bonds. The minimum atomic E-state index is -0.349. The highest BCUT2D eigenvalue weighted by molar-refractivity contribution is 7.99. The van der Waals surface area contributed by atoms with Gasteiger partial charge in [0.15, 0.2) is 0 Å². The number of nitro groups is 1. The van der Waals surface area contributed by atoms with Crippen LogP contribution in [0.5, 0.6) is 0 Å². The zero-order chi connectivity index (χ0) is 19.8. The normalized spacial score (nSPS) is 11.2. The van der Waals surface area contributed by atoms with Gasteiger partial charge >= 0.3 is 0 Å². The molecule has 0 saturated heterocycles. The molecule has 0 aliphatic carbocycles. The van der Waals surface area contributed by atoms with E-state index in [0.717, 1.165) is 26.7 Å². The zero-order valence-corrected chi connectivity index (χ0v) is 15.9. The van der Waals surface area contributed by atoms with E-state index in [4.69, 9.17) is 0 Å². The van der Waals surface area contributed by atoms with Gasteiger partial charge in [0, 0.05) is 34.1 Å². The summed E-state index contributed by atoms with van der Waals surface area (Å²) in [6.07, 6.45) is 3.42. The minimum Gasteiger partial charge on any atom is -0.277 e. The van der Waals surface area contributed by atoms with Crippen molar-refractivity contribution in [2.24, 2.45) is 0 Å². The predicted octanol–water partition coefficient (Wildman–Crippen LogP) is 5.63. The van der Waals surface area contributed by atoms with E-state index in [-0.39, 0.29) is 10.6 Å². The molecule has 5 rings (SSSR count). The van der Waals surface area contributed by atoms with Gasteiger partial charge < -0.3 is 0 Å². The van der Waals surface area contributed by atoms with Crippen LogP contribution in [0.3, 0.4) is 0 Å². The first-order valence-electron chi connectivity index (χ1n) is 8.95. The summed E-state index contributed by atoms with van der Waals surface area (Å²) in [5, 5.41) is 13.6. The lowest BCUT2D eigenvalue weighted by molar-refractivity contribution is -0.387. The highest BCUT2D eigenvalue weighted by atomic mass is 32.2. The largest absolute Gasteiger partial charge is 0.283 e. The second-order valence-corrected chi connectivity index (χ2v) is 7.46. The maximum absolute atomic E-state index is 11.5. The molecule has 6 nitrogen and oxygen atoms in total. The summed E-state index contributed by atoms with van der Waals surface area (Å²) in [5.41, 5.74) is 2.01. The minimum absolute atomic E-state index is 0.0909. The van der Waals surface area contributed by atoms with Crippen molar-refractivity contribution in [2.45, 2.75) is 9.79 Å². The fourth-order valence-corrected chi connectivity index (χ4v) is 4.57. The van der Waals surface area contributed by atoms with Gasteiger partial charge in [-0.25, -0.2) is 9.97 Å². The summed E-state index contributed by atoms with van der Waals surface area (Å²) in [7, 11) is 0. The second-order valence-electron chi connectivity index (χ2n) is 6.38. The molecule has 0 saturated carbocycles. The van der Waals surface area contributed by atoms with E-state index >= 15 is 0 Å². The Kier molecular flexibility index (Phi) is 4.22. The third-order valence-corrected chi connectivity index (χ3v) is 5.81. The Hall–Kier alpha value is -3.71. The van der Waals surface area contributed by atoms with Gasteiger partial charge in [-0.15, -0.1) is 0 Å². The Balaban J connectivity index is 1.82. The van der Waals surface area contributed by atoms with Gasteiger partial charge in [-0.3, -0.25) is 14.7 Å². The number of rotatable bonds is 4. The van der Waals surface area contributed by atoms with Crippen molar-refractivity contribution >= 4 is 39.3 Å². The van der Waals surface area contributed by atoms with E-state index in [1.165, 1.54) is 17.8 Å². The molecule has 0 aliphatic rings. The van der Waals surface area contributed by atoms with E-state index in [9.17, 15) is 10.1 Å². The second kappa shape index (κ2) is 7.03. The number of benzene rings is 3. The number of nitrogens with zero attached hydrogens (tertiary/aromatic N) is 4. The first kappa shape index (κ1) is 17.4. The highest BCUT2D eigenvalue weighted by Gasteiger charge is 2.19. The molecule has 3 aromatic carbocycles. The van der Waals surface area contributed by atoms with Gasteiger partial charge in [0.1, 0.15) is 0 Å². The van der Waals surface area contributed by atoms with Crippen molar-refractivity contribution in [3.8, 4) is 5.95 Å². The Bertz CT molecular complexity index is 1370. The first-order chi connectivity index (χ1) is 14.2. The summed E-state index contributed by atoms with van der Waals surface area (Å²) in [6, 6.07) is 22.6. The molecule has 5 aromatic rings. The van der Waals surface area contributed by atoms with Crippen molar-refractivity contribution in [2.75, 3.05) is 0 Å². The van der Waals surface area contributed by atoms with Gasteiger partial charge in [0.2, 0.25) is 5.95 Å². The Morgan fingerprint density at radius 1 is 0.793 bits per heavy atom. The summed E-state index contributed by atoms with van der Waals surface area (Å²) in [5.74, 6) is 0.564. The van der Waals surface area contributed by atoms with E-state index < -0.39 is 0 Å². The Labute approximate surface area is 170 Å². The number of hydrogen-bond acceptors (Lipinski definition) is 5. The number of aromatic nitrogens is 3. The zero-order valence-electron chi connectivity index (χ0n) is 15.1. The van der Waals surface area contributed by atoms with E-state index in [2.05, 4.69) is 22.1 Å². The van der Waals surface area contributed by atoms with E-state index in [0.29, 0.717) is 10.8 Å². The number of para-hydroxylation sites is 3. The maximum atomic E-state index is 11.5. The molecule has 0 atom stereocenters. The summed E-state index contributed by atoms with van der Waals surface area (Å²) in [6.45, 7) is 0. The molecular formula is C22H14N4O2S. The molecule has 0 fully saturated rings. The van der Waals surface area contributed by atoms with Crippen LogP contribution in [0.2, 0.25) is 0 Å². The van der Waals surface area contributed by atoms with Gasteiger partial charge in [-0.05, 0) is 24.3 Å². The molecule has 2 aromatic heterocycles. The van der Waals surface area contributed by atoms with Crippen LogP contribution in [0.15, 0.2) is 95.0 Å². The average molecular weight is 398 g/mol. The summed E-state index contributed by atoms with van der Waals surface area (Å²) < 4.78 is 2.02. The number of nitro benzene ring substituents is 1. The SMILES string of the molecule is O=[N+]([O-])c1ccccc1Sc1cccc2c3ccccc3n(-c3ncccn3)c12. The van der Waals surface area contributed by atoms with Crippen LogP contribution in [0.25, 0.3) is 27.8 Å². The summed E-state index contributed by atoms with van der Waals surface area (Å²) in [4.78, 5) is 21.5. The average Bonchev–Trinajstić information content (AvgIpc) is 3.10. The fourth-order valence-electron chi connectivity index (χ4n) is 3.50. The van der Waals surface area contributed by atoms with Crippen LogP contribution in [0.1, 0.15) is 0 Å². The standard InChI is InChI=1S/C22H14N4O2S/c27-26(28)18-10-3-4-11-19(18)29-20-12-5-8-16-15-7-1-2-9-17(15)25(21(16)20)22-23-13-6-14-24-22/h1-14H. The quantitative estimate of drug-likeness (QED) is 0.290. The Morgan fingerprint density at radius 2 is 1.48 bits per heavy atom. The van der Waals surface area contributed by atoms with Crippen LogP contribution in [0.4, 0.5) is 5.69 Å². The van der Waals surface area contributed by atoms with Crippen LogP contribution in [-0.2, 0) is 0 Å². The van der Waals surface area contributed by atoms with Crippen molar-refractivity contribution in [3.63, 3.8) is 0 Å². The number of hydrogen-bond donors (Lipinski definition) is 0. The van der Waals surface area contributed by atoms with Gasteiger partial charge in [-0.2, -0.15) is 0 Å². The molecule has 0 spiro atoms. The van der Waals surface area contributed by atoms with Gasteiger partial charge in [-0.1, -0.05) is 54.2 Å². The van der Waals surface area contributed by atoms with Crippen molar-refractivity contribution in [1.29, 1.82) is 0 Å². The summed E-state index contributed by atoms with van der Waals surface area (Å²) >= 11 is 1.38. The lowest BCUT2D eigenvalue weighted by atomic mass is 10.1. The first-order valence-corrected chi connectivity index (χ1v) is 9.76. The van der Waals surface area contributed by atoms with Crippen molar-refractivity contribution in [1.82, 2.24) is 14.5 Å². The molecule has 0 unspecified atom stereocenters. The molecule has 2 heterocycles. The fraction of sp³-hybridized carbons (Fsp3) is 0. The van der Waals surface area contributed by atoms with E-state index in [1.54, 1.807) is 30.6 Å². The lowest BCUT2D eigenvalue weighted by Gasteiger charge is -2.09. The predicted molar refractivity (Wildman–Crippen MR) is 114 cm³/mol. The maximum Gasteiger partial charge on any atom is 0.283 e. The van der Waals surface area contributed by atoms with Gasteiger partial charge in [0.05, 0.1) is 20.9 Å². The topological polar surface area (TPSA) is 73.8 Å². The lowest BCUT2D eigenvalue weighted by Crippen LogP contribution is -2.00. The van der Waals surface area contributed by atoms with Crippen molar-refractivity contribution in [3.05, 3.63) is 95.3 Å². The molecule has 0 radical (unpaired) electrons. The van der Waals surface area contributed by atoms with Crippen molar-refractivity contribution < 1.29 is 4.92 Å². The molecule has 140 valence electrons. The van der Waals surface area contributed by atoms with Crippen LogP contribution < -0.4 is 0 Å². The highest BCUT2D eigenvalue weighted by Crippen LogP contribution is 2.41. The van der Waals surface area contributed by atoms with Crippen LogP contribution in [0, 0.1) is 10.1 Å². The van der Waals surface area contributed by atoms with Crippen LogP contribution >= 0.6 is 11.8 Å². The third-order valence-electron chi connectivity index (χ3n) is 4.69. The molecule has 0 aliphatic heterocycles. The number of fused-ring (bicyclic) bond motifs is 3. The van der Waals surface area contributed by atoms with Gasteiger partial charge in [0.25, 0.3) is 5.69 Å². The molecule has 7 heteroatoms. The monoisotopic (exact) mass is 398 g/mol. The van der Waals surface area contributed by atoms with E-state index in [1.807, 2.05) is 41.0 Å². The third kappa shape index (κ3) is 2.92. The smallest absolute Gasteiger partial charge is 0.277 e. The molecule has 0 bridgehead atoms. The molecular weight excluding hydrogens is 384 g/mol. The van der Waals surface area contributed by atoms with Crippen LogP contribution in [-0.4, -0.2) is 19.5 Å².